The Kier molecular flexibility index (Phi) is 5.47. The van der Waals surface area contributed by atoms with Gasteiger partial charge in [-0.25, -0.2) is 8.42 Å². The molecule has 0 unspecified atom stereocenters. The van der Waals surface area contributed by atoms with Crippen LogP contribution in [0.2, 0.25) is 5.02 Å². The van der Waals surface area contributed by atoms with Gasteiger partial charge in [0.1, 0.15) is 0 Å². The Morgan fingerprint density at radius 2 is 1.90 bits per heavy atom. The molecule has 0 aliphatic heterocycles. The first-order chi connectivity index (χ1) is 9.97. The highest BCUT2D eigenvalue weighted by Crippen LogP contribution is 2.17. The molecule has 21 heavy (non-hydrogen) atoms. The summed E-state index contributed by atoms with van der Waals surface area (Å²) in [5.41, 5.74) is 5.77. The summed E-state index contributed by atoms with van der Waals surface area (Å²) in [7, 11) is -3.35. The van der Waals surface area contributed by atoms with E-state index in [0.29, 0.717) is 17.0 Å². The van der Waals surface area contributed by atoms with Gasteiger partial charge in [0, 0.05) is 11.1 Å². The van der Waals surface area contributed by atoms with Crippen molar-refractivity contribution in [2.24, 2.45) is 10.7 Å². The van der Waals surface area contributed by atoms with Gasteiger partial charge in [-0.15, -0.1) is 0 Å². The van der Waals surface area contributed by atoms with Gasteiger partial charge in [0.05, 0.1) is 17.2 Å². The van der Waals surface area contributed by atoms with Crippen LogP contribution in [0.15, 0.2) is 34.2 Å². The standard InChI is InChI=1S/C14H20ClN3O2S/c15-11-5-7-13(8-6-11)21(19,20)10-9-17-14(16)18-12-3-1-2-4-12/h5-8,12H,1-4,9-10H2,(H3,16,17,18). The molecule has 0 radical (unpaired) electrons. The normalized spacial score (nSPS) is 17.1. The molecule has 0 bridgehead atoms. The summed E-state index contributed by atoms with van der Waals surface area (Å²) in [4.78, 5) is 4.35. The zero-order valence-electron chi connectivity index (χ0n) is 11.8. The van der Waals surface area contributed by atoms with Gasteiger partial charge in [-0.05, 0) is 37.1 Å². The Labute approximate surface area is 130 Å². The van der Waals surface area contributed by atoms with Crippen molar-refractivity contribution >= 4 is 27.4 Å². The molecule has 116 valence electrons. The molecule has 2 rings (SSSR count). The van der Waals surface area contributed by atoms with Gasteiger partial charge in [0.2, 0.25) is 0 Å². The van der Waals surface area contributed by atoms with Crippen LogP contribution in [-0.2, 0) is 9.84 Å². The average molecular weight is 330 g/mol. The second-order valence-electron chi connectivity index (χ2n) is 5.17. The third-order valence-corrected chi connectivity index (χ3v) is 5.48. The lowest BCUT2D eigenvalue weighted by Gasteiger charge is -2.12. The zero-order chi connectivity index (χ0) is 15.3. The number of nitrogens with one attached hydrogen (secondary N) is 1. The molecule has 7 heteroatoms. The average Bonchev–Trinajstić information content (AvgIpc) is 2.91. The molecule has 0 heterocycles. The number of nitrogens with two attached hydrogens (primary N) is 1. The summed E-state index contributed by atoms with van der Waals surface area (Å²) in [5, 5.41) is 3.64. The number of aliphatic imine (C=N–C) groups is 1. The molecule has 0 amide bonds. The Morgan fingerprint density at radius 1 is 1.29 bits per heavy atom. The van der Waals surface area contributed by atoms with Crippen molar-refractivity contribution < 1.29 is 8.42 Å². The third-order valence-electron chi connectivity index (χ3n) is 3.52. The molecule has 1 saturated carbocycles. The minimum atomic E-state index is -3.35. The van der Waals surface area contributed by atoms with Gasteiger partial charge >= 0.3 is 0 Å². The largest absolute Gasteiger partial charge is 0.370 e. The van der Waals surface area contributed by atoms with E-state index >= 15 is 0 Å². The molecule has 0 saturated heterocycles. The molecule has 0 aromatic heterocycles. The quantitative estimate of drug-likeness (QED) is 0.639. The number of guanidine groups is 1. The van der Waals surface area contributed by atoms with Gasteiger partial charge in [0.15, 0.2) is 15.8 Å². The Morgan fingerprint density at radius 3 is 2.52 bits per heavy atom. The van der Waals surface area contributed by atoms with Gasteiger partial charge in [-0.1, -0.05) is 24.4 Å². The van der Waals surface area contributed by atoms with Crippen molar-refractivity contribution in [2.45, 2.75) is 36.6 Å². The van der Waals surface area contributed by atoms with Crippen LogP contribution in [0.25, 0.3) is 0 Å². The van der Waals surface area contributed by atoms with E-state index in [0.717, 1.165) is 12.8 Å². The SMILES string of the molecule is NC(=NCCS(=O)(=O)c1ccc(Cl)cc1)NC1CCCC1. The van der Waals surface area contributed by atoms with E-state index in [1.807, 2.05) is 0 Å². The summed E-state index contributed by atoms with van der Waals surface area (Å²) in [5.74, 6) is 0.259. The van der Waals surface area contributed by atoms with Gasteiger partial charge in [-0.2, -0.15) is 0 Å². The van der Waals surface area contributed by atoms with E-state index in [2.05, 4.69) is 10.3 Å². The molecule has 1 aliphatic rings. The molecular weight excluding hydrogens is 310 g/mol. The third kappa shape index (κ3) is 4.89. The van der Waals surface area contributed by atoms with E-state index in [9.17, 15) is 8.42 Å². The van der Waals surface area contributed by atoms with Crippen LogP contribution in [-0.4, -0.2) is 32.7 Å². The fourth-order valence-corrected chi connectivity index (χ4v) is 3.62. The van der Waals surface area contributed by atoms with Gasteiger partial charge < -0.3 is 11.1 Å². The van der Waals surface area contributed by atoms with Crippen molar-refractivity contribution in [2.75, 3.05) is 12.3 Å². The molecule has 1 aliphatic carbocycles. The lowest BCUT2D eigenvalue weighted by molar-refractivity contribution is 0.595. The Hall–Kier alpha value is -1.27. The van der Waals surface area contributed by atoms with Gasteiger partial charge in [0.25, 0.3) is 0 Å². The number of hydrogen-bond donors (Lipinski definition) is 2. The lowest BCUT2D eigenvalue weighted by atomic mass is 10.3. The summed E-state index contributed by atoms with van der Waals surface area (Å²) >= 11 is 5.75. The predicted octanol–water partition coefficient (Wildman–Crippen LogP) is 1.96. The Bertz CT molecular complexity index is 593. The zero-order valence-corrected chi connectivity index (χ0v) is 13.3. The fourth-order valence-electron chi connectivity index (χ4n) is 2.37. The van der Waals surface area contributed by atoms with E-state index < -0.39 is 9.84 Å². The maximum absolute atomic E-state index is 12.1. The van der Waals surface area contributed by atoms with Crippen LogP contribution >= 0.6 is 11.6 Å². The van der Waals surface area contributed by atoms with Crippen LogP contribution in [0.5, 0.6) is 0 Å². The molecular formula is C14H20ClN3O2S. The van der Waals surface area contributed by atoms with E-state index in [1.165, 1.54) is 25.0 Å². The van der Waals surface area contributed by atoms with Gasteiger partial charge in [-0.3, -0.25) is 4.99 Å². The first-order valence-corrected chi connectivity index (χ1v) is 9.05. The van der Waals surface area contributed by atoms with E-state index in [-0.39, 0.29) is 17.2 Å². The molecule has 3 N–H and O–H groups in total. The van der Waals surface area contributed by atoms with E-state index in [4.69, 9.17) is 17.3 Å². The molecule has 1 fully saturated rings. The van der Waals surface area contributed by atoms with Crippen molar-refractivity contribution in [1.82, 2.24) is 5.32 Å². The first kappa shape index (κ1) is 16.1. The first-order valence-electron chi connectivity index (χ1n) is 7.02. The monoisotopic (exact) mass is 329 g/mol. The van der Waals surface area contributed by atoms with Crippen LogP contribution < -0.4 is 11.1 Å². The second-order valence-corrected chi connectivity index (χ2v) is 7.71. The van der Waals surface area contributed by atoms with Crippen LogP contribution in [0, 0.1) is 0 Å². The number of nitrogens with zero attached hydrogens (tertiary/aromatic N) is 1. The highest BCUT2D eigenvalue weighted by Gasteiger charge is 2.16. The van der Waals surface area contributed by atoms with Crippen molar-refractivity contribution in [3.8, 4) is 0 Å². The number of benzene rings is 1. The summed E-state index contributed by atoms with van der Waals surface area (Å²) < 4.78 is 24.2. The second kappa shape index (κ2) is 7.13. The molecule has 0 atom stereocenters. The van der Waals surface area contributed by atoms with Crippen molar-refractivity contribution in [3.05, 3.63) is 29.3 Å². The van der Waals surface area contributed by atoms with Crippen LogP contribution in [0.1, 0.15) is 25.7 Å². The number of halogens is 1. The predicted molar refractivity (Wildman–Crippen MR) is 85.4 cm³/mol. The van der Waals surface area contributed by atoms with Crippen LogP contribution in [0.4, 0.5) is 0 Å². The Balaban J connectivity index is 1.87. The topological polar surface area (TPSA) is 84.5 Å². The summed E-state index contributed by atoms with van der Waals surface area (Å²) in [6, 6.07) is 6.51. The molecule has 0 spiro atoms. The van der Waals surface area contributed by atoms with Crippen molar-refractivity contribution in [1.29, 1.82) is 0 Å². The van der Waals surface area contributed by atoms with Crippen molar-refractivity contribution in [3.63, 3.8) is 0 Å². The fraction of sp³-hybridized carbons (Fsp3) is 0.500. The maximum Gasteiger partial charge on any atom is 0.188 e. The smallest absolute Gasteiger partial charge is 0.188 e. The molecule has 5 nitrogen and oxygen atoms in total. The summed E-state index contributed by atoms with van der Waals surface area (Å²) in [6.45, 7) is 0.149. The minimum absolute atomic E-state index is 0.0678. The molecule has 1 aromatic carbocycles. The lowest BCUT2D eigenvalue weighted by Crippen LogP contribution is -2.38. The minimum Gasteiger partial charge on any atom is -0.370 e. The van der Waals surface area contributed by atoms with E-state index in [1.54, 1.807) is 12.1 Å². The van der Waals surface area contributed by atoms with Crippen LogP contribution in [0.3, 0.4) is 0 Å². The highest BCUT2D eigenvalue weighted by molar-refractivity contribution is 7.91. The number of sulfone groups is 1. The number of hydrogen-bond acceptors (Lipinski definition) is 3. The maximum atomic E-state index is 12.1. The number of rotatable bonds is 5. The molecule has 1 aromatic rings. The highest BCUT2D eigenvalue weighted by atomic mass is 35.5. The summed E-state index contributed by atoms with van der Waals surface area (Å²) in [6.07, 6.45) is 4.60.